The number of carbonyl (C=O) groups is 1. The number of rotatable bonds is 3. The molecule has 0 aliphatic carbocycles. The molecule has 0 fully saturated rings. The predicted octanol–water partition coefficient (Wildman–Crippen LogP) is 4.18. The topological polar surface area (TPSA) is 114 Å². The molecular formula is C25H20O9. The van der Waals surface area contributed by atoms with Crippen LogP contribution in [0.25, 0.3) is 39.0 Å². The highest BCUT2D eigenvalue weighted by Gasteiger charge is 2.29. The maximum atomic E-state index is 13.9. The van der Waals surface area contributed by atoms with E-state index in [9.17, 15) is 14.4 Å². The normalized spacial score (nSPS) is 14.1. The Morgan fingerprint density at radius 2 is 1.62 bits per heavy atom. The van der Waals surface area contributed by atoms with Crippen LogP contribution in [0.3, 0.4) is 0 Å². The van der Waals surface area contributed by atoms with E-state index in [-0.39, 0.29) is 38.7 Å². The van der Waals surface area contributed by atoms with Gasteiger partial charge in [-0.05, 0) is 32.1 Å². The molecule has 0 amide bonds. The van der Waals surface area contributed by atoms with Crippen LogP contribution >= 0.6 is 0 Å². The lowest BCUT2D eigenvalue weighted by atomic mass is 9.99. The third-order valence-electron chi connectivity index (χ3n) is 5.55. The summed E-state index contributed by atoms with van der Waals surface area (Å²) in [4.78, 5) is 38.6. The van der Waals surface area contributed by atoms with E-state index < -0.39 is 22.6 Å². The summed E-state index contributed by atoms with van der Waals surface area (Å²) in [6, 6.07) is 4.46. The number of carbonyl (C=O) groups excluding carboxylic acids is 1. The standard InChI is InChI=1S/C25H20O9/c1-11(26)31-18-10-15-12(6-7-25(2,3)34-15)22-20(18)21(27)19-13-8-16(29-4)17(30-5)9-14(13)32-24(28)23(19)33-22/h6-10H,1-5H3. The van der Waals surface area contributed by atoms with Crippen molar-refractivity contribution in [2.24, 2.45) is 0 Å². The molecule has 3 heterocycles. The molecule has 0 N–H and O–H groups in total. The Morgan fingerprint density at radius 1 is 0.912 bits per heavy atom. The first-order chi connectivity index (χ1) is 16.1. The van der Waals surface area contributed by atoms with Gasteiger partial charge in [0.2, 0.25) is 11.0 Å². The van der Waals surface area contributed by atoms with Crippen molar-refractivity contribution in [3.8, 4) is 23.0 Å². The lowest BCUT2D eigenvalue weighted by molar-refractivity contribution is -0.131. The molecule has 34 heavy (non-hydrogen) atoms. The number of hydrogen-bond donors (Lipinski definition) is 0. The van der Waals surface area contributed by atoms with Crippen molar-refractivity contribution in [2.45, 2.75) is 26.4 Å². The van der Waals surface area contributed by atoms with Gasteiger partial charge in [-0.1, -0.05) is 0 Å². The third kappa shape index (κ3) is 3.20. The Bertz CT molecular complexity index is 1670. The summed E-state index contributed by atoms with van der Waals surface area (Å²) in [5, 5.41) is 0.243. The number of hydrogen-bond acceptors (Lipinski definition) is 9. The lowest BCUT2D eigenvalue weighted by Crippen LogP contribution is -2.27. The monoisotopic (exact) mass is 464 g/mol. The van der Waals surface area contributed by atoms with Crippen LogP contribution in [-0.2, 0) is 4.79 Å². The van der Waals surface area contributed by atoms with Crippen molar-refractivity contribution < 1.29 is 32.6 Å². The van der Waals surface area contributed by atoms with Crippen molar-refractivity contribution in [1.29, 1.82) is 0 Å². The van der Waals surface area contributed by atoms with Crippen molar-refractivity contribution >= 4 is 45.0 Å². The summed E-state index contributed by atoms with van der Waals surface area (Å²) in [6.45, 7) is 4.92. The number of benzene rings is 2. The number of esters is 1. The minimum Gasteiger partial charge on any atom is -0.493 e. The quantitative estimate of drug-likeness (QED) is 0.145. The van der Waals surface area contributed by atoms with Gasteiger partial charge in [-0.2, -0.15) is 0 Å². The van der Waals surface area contributed by atoms with E-state index in [4.69, 9.17) is 27.8 Å². The summed E-state index contributed by atoms with van der Waals surface area (Å²) >= 11 is 0. The second-order valence-electron chi connectivity index (χ2n) is 8.35. The van der Waals surface area contributed by atoms with Crippen LogP contribution in [0, 0.1) is 0 Å². The van der Waals surface area contributed by atoms with Crippen LogP contribution in [0.2, 0.25) is 0 Å². The van der Waals surface area contributed by atoms with Gasteiger partial charge in [-0.15, -0.1) is 0 Å². The Hall–Kier alpha value is -4.27. The van der Waals surface area contributed by atoms with Crippen LogP contribution in [0.1, 0.15) is 26.3 Å². The molecular weight excluding hydrogens is 444 g/mol. The van der Waals surface area contributed by atoms with Crippen LogP contribution in [0.15, 0.2) is 42.7 Å². The second-order valence-corrected chi connectivity index (χ2v) is 8.35. The molecule has 1 aliphatic rings. The predicted molar refractivity (Wildman–Crippen MR) is 124 cm³/mol. The molecule has 9 heteroatoms. The summed E-state index contributed by atoms with van der Waals surface area (Å²) < 4.78 is 33.4. The molecule has 0 radical (unpaired) electrons. The Balaban J connectivity index is 2.00. The highest BCUT2D eigenvalue weighted by Crippen LogP contribution is 2.42. The minimum absolute atomic E-state index is 0.00362. The average molecular weight is 464 g/mol. The van der Waals surface area contributed by atoms with Crippen molar-refractivity contribution in [3.63, 3.8) is 0 Å². The second kappa shape index (κ2) is 7.38. The van der Waals surface area contributed by atoms with E-state index >= 15 is 0 Å². The van der Waals surface area contributed by atoms with Crippen LogP contribution < -0.4 is 30.0 Å². The zero-order chi connectivity index (χ0) is 24.4. The molecule has 0 saturated heterocycles. The fraction of sp³-hybridized carbons (Fsp3) is 0.240. The third-order valence-corrected chi connectivity index (χ3v) is 5.55. The van der Waals surface area contributed by atoms with E-state index in [0.29, 0.717) is 22.8 Å². The summed E-state index contributed by atoms with van der Waals surface area (Å²) in [5.41, 5.74) is -1.74. The van der Waals surface area contributed by atoms with E-state index in [0.717, 1.165) is 0 Å². The van der Waals surface area contributed by atoms with E-state index in [2.05, 4.69) is 0 Å². The minimum atomic E-state index is -0.846. The molecule has 0 saturated carbocycles. The highest BCUT2D eigenvalue weighted by atomic mass is 16.5. The van der Waals surface area contributed by atoms with Gasteiger partial charge in [0.25, 0.3) is 0 Å². The largest absolute Gasteiger partial charge is 0.493 e. The SMILES string of the molecule is COc1cc2oc(=O)c3oc4c5c(cc(OC(C)=O)c4c(=O)c3c2cc1OC)OC(C)(C)C=C5. The molecule has 174 valence electrons. The number of fused-ring (bicyclic) bond motifs is 6. The van der Waals surface area contributed by atoms with Gasteiger partial charge in [0.1, 0.15) is 28.1 Å². The molecule has 1 aliphatic heterocycles. The van der Waals surface area contributed by atoms with E-state index in [1.807, 2.05) is 13.8 Å². The molecule has 0 bridgehead atoms. The first-order valence-corrected chi connectivity index (χ1v) is 10.4. The Morgan fingerprint density at radius 3 is 2.29 bits per heavy atom. The molecule has 0 atom stereocenters. The fourth-order valence-corrected chi connectivity index (χ4v) is 4.08. The summed E-state index contributed by atoms with van der Waals surface area (Å²) in [6.07, 6.45) is 3.54. The molecule has 0 unspecified atom stereocenters. The van der Waals surface area contributed by atoms with Crippen LogP contribution in [-0.4, -0.2) is 25.8 Å². The van der Waals surface area contributed by atoms with E-state index in [1.54, 1.807) is 12.2 Å². The smallest absolute Gasteiger partial charge is 0.380 e. The zero-order valence-electron chi connectivity index (χ0n) is 19.1. The first-order valence-electron chi connectivity index (χ1n) is 10.4. The van der Waals surface area contributed by atoms with Crippen LogP contribution in [0.4, 0.5) is 0 Å². The van der Waals surface area contributed by atoms with Gasteiger partial charge in [0.05, 0.1) is 25.2 Å². The van der Waals surface area contributed by atoms with Crippen molar-refractivity contribution in [2.75, 3.05) is 14.2 Å². The lowest BCUT2D eigenvalue weighted by Gasteiger charge is -2.28. The fourth-order valence-electron chi connectivity index (χ4n) is 4.08. The van der Waals surface area contributed by atoms with Gasteiger partial charge < -0.3 is 27.8 Å². The van der Waals surface area contributed by atoms with Crippen LogP contribution in [0.5, 0.6) is 23.0 Å². The maximum Gasteiger partial charge on any atom is 0.380 e. The zero-order valence-corrected chi connectivity index (χ0v) is 19.1. The molecule has 0 spiro atoms. The van der Waals surface area contributed by atoms with Gasteiger partial charge in [-0.25, -0.2) is 4.79 Å². The van der Waals surface area contributed by atoms with Gasteiger partial charge in [0, 0.05) is 24.4 Å². The maximum absolute atomic E-state index is 13.9. The summed E-state index contributed by atoms with van der Waals surface area (Å²) in [7, 11) is 2.89. The van der Waals surface area contributed by atoms with E-state index in [1.165, 1.54) is 39.3 Å². The number of ether oxygens (including phenoxy) is 4. The van der Waals surface area contributed by atoms with Crippen molar-refractivity contribution in [1.82, 2.24) is 0 Å². The van der Waals surface area contributed by atoms with Gasteiger partial charge in [-0.3, -0.25) is 9.59 Å². The molecule has 4 aromatic rings. The van der Waals surface area contributed by atoms with Crippen molar-refractivity contribution in [3.05, 3.63) is 50.5 Å². The molecule has 2 aromatic heterocycles. The van der Waals surface area contributed by atoms with Gasteiger partial charge in [0.15, 0.2) is 17.1 Å². The molecule has 9 nitrogen and oxygen atoms in total. The summed E-state index contributed by atoms with van der Waals surface area (Å²) in [5.74, 6) is 0.325. The molecule has 5 rings (SSSR count). The highest BCUT2D eigenvalue weighted by molar-refractivity contribution is 6.09. The average Bonchev–Trinajstić information content (AvgIpc) is 2.77. The first kappa shape index (κ1) is 21.6. The number of methoxy groups -OCH3 is 2. The van der Waals surface area contributed by atoms with Gasteiger partial charge >= 0.3 is 11.6 Å². The Labute approximate surface area is 192 Å². The molecule has 2 aromatic carbocycles. The Kier molecular flexibility index (Phi) is 4.68.